The summed E-state index contributed by atoms with van der Waals surface area (Å²) in [5, 5.41) is 0. The highest BCUT2D eigenvalue weighted by atomic mass is 14.6. The highest BCUT2D eigenvalue weighted by molar-refractivity contribution is 5.77. The zero-order valence-electron chi connectivity index (χ0n) is 9.33. The standard InChI is InChI=1S/C14H17N/c1-4-5-6-8-11(2)13-9-7-10-14(15)12(13)3/h4-10H,2,15H2,1,3H3/b5-4-,8-6-. The Bertz CT molecular complexity index is 411. The molecule has 1 aromatic rings. The first-order valence-electron chi connectivity index (χ1n) is 5.00. The molecule has 0 aliphatic heterocycles. The minimum atomic E-state index is 0.813. The fourth-order valence-electron chi connectivity index (χ4n) is 1.37. The molecule has 1 rings (SSSR count). The summed E-state index contributed by atoms with van der Waals surface area (Å²) in [5.41, 5.74) is 9.83. The van der Waals surface area contributed by atoms with E-state index in [4.69, 9.17) is 5.73 Å². The molecule has 0 amide bonds. The molecule has 0 bridgehead atoms. The number of nitrogen functional groups attached to an aromatic ring is 1. The maximum atomic E-state index is 5.83. The topological polar surface area (TPSA) is 26.0 Å². The van der Waals surface area contributed by atoms with Crippen molar-refractivity contribution in [2.24, 2.45) is 0 Å². The van der Waals surface area contributed by atoms with Gasteiger partial charge in [0.1, 0.15) is 0 Å². The number of nitrogens with two attached hydrogens (primary N) is 1. The second kappa shape index (κ2) is 5.20. The highest BCUT2D eigenvalue weighted by Crippen LogP contribution is 2.22. The summed E-state index contributed by atoms with van der Waals surface area (Å²) in [6.07, 6.45) is 7.93. The summed E-state index contributed by atoms with van der Waals surface area (Å²) in [6.45, 7) is 8.02. The number of rotatable bonds is 3. The Hall–Kier alpha value is -1.76. The molecule has 0 aliphatic carbocycles. The monoisotopic (exact) mass is 199 g/mol. The van der Waals surface area contributed by atoms with Crippen molar-refractivity contribution in [3.05, 3.63) is 60.2 Å². The number of hydrogen-bond acceptors (Lipinski definition) is 1. The predicted octanol–water partition coefficient (Wildman–Crippen LogP) is 3.72. The van der Waals surface area contributed by atoms with Crippen LogP contribution in [0.1, 0.15) is 18.1 Å². The van der Waals surface area contributed by atoms with Crippen LogP contribution in [0.3, 0.4) is 0 Å². The van der Waals surface area contributed by atoms with Gasteiger partial charge in [0.25, 0.3) is 0 Å². The van der Waals surface area contributed by atoms with E-state index in [0.29, 0.717) is 0 Å². The molecule has 15 heavy (non-hydrogen) atoms. The van der Waals surface area contributed by atoms with E-state index in [1.54, 1.807) is 0 Å². The maximum Gasteiger partial charge on any atom is 0.0349 e. The highest BCUT2D eigenvalue weighted by Gasteiger charge is 2.01. The van der Waals surface area contributed by atoms with Gasteiger partial charge < -0.3 is 5.73 Å². The molecule has 1 nitrogen and oxygen atoms in total. The van der Waals surface area contributed by atoms with Gasteiger partial charge in [-0.2, -0.15) is 0 Å². The molecule has 0 unspecified atom stereocenters. The molecule has 0 radical (unpaired) electrons. The number of benzene rings is 1. The van der Waals surface area contributed by atoms with Crippen molar-refractivity contribution in [1.82, 2.24) is 0 Å². The minimum absolute atomic E-state index is 0.813. The van der Waals surface area contributed by atoms with Crippen LogP contribution in [0, 0.1) is 6.92 Å². The van der Waals surface area contributed by atoms with Crippen LogP contribution >= 0.6 is 0 Å². The molecule has 1 aromatic carbocycles. The molecular weight excluding hydrogens is 182 g/mol. The van der Waals surface area contributed by atoms with E-state index in [9.17, 15) is 0 Å². The lowest BCUT2D eigenvalue weighted by molar-refractivity contribution is 1.43. The fraction of sp³-hybridized carbons (Fsp3) is 0.143. The summed E-state index contributed by atoms with van der Waals surface area (Å²) in [6, 6.07) is 5.89. The second-order valence-corrected chi connectivity index (χ2v) is 3.43. The van der Waals surface area contributed by atoms with E-state index < -0.39 is 0 Å². The van der Waals surface area contributed by atoms with E-state index in [0.717, 1.165) is 22.4 Å². The number of anilines is 1. The lowest BCUT2D eigenvalue weighted by Crippen LogP contribution is -1.93. The van der Waals surface area contributed by atoms with Crippen LogP contribution in [-0.2, 0) is 0 Å². The SMILES string of the molecule is C=C(/C=C\C=C/C)c1cccc(N)c1C. The van der Waals surface area contributed by atoms with E-state index in [1.165, 1.54) is 0 Å². The van der Waals surface area contributed by atoms with Crippen molar-refractivity contribution in [2.45, 2.75) is 13.8 Å². The first kappa shape index (κ1) is 11.3. The van der Waals surface area contributed by atoms with Gasteiger partial charge in [0.15, 0.2) is 0 Å². The Morgan fingerprint density at radius 2 is 2.07 bits per heavy atom. The number of hydrogen-bond donors (Lipinski definition) is 1. The third kappa shape index (κ3) is 2.84. The Morgan fingerprint density at radius 3 is 2.73 bits per heavy atom. The van der Waals surface area contributed by atoms with Gasteiger partial charge in [-0.25, -0.2) is 0 Å². The van der Waals surface area contributed by atoms with Crippen molar-refractivity contribution >= 4 is 11.3 Å². The molecule has 0 atom stereocenters. The van der Waals surface area contributed by atoms with Crippen LogP contribution in [0.5, 0.6) is 0 Å². The number of allylic oxidation sites excluding steroid dienone is 5. The molecule has 1 heteroatoms. The van der Waals surface area contributed by atoms with Crippen LogP contribution in [0.4, 0.5) is 5.69 Å². The normalized spacial score (nSPS) is 11.3. The average molecular weight is 199 g/mol. The Labute approximate surface area is 91.6 Å². The molecule has 78 valence electrons. The summed E-state index contributed by atoms with van der Waals surface area (Å²) in [4.78, 5) is 0. The minimum Gasteiger partial charge on any atom is -0.398 e. The molecule has 0 fully saturated rings. The Kier molecular flexibility index (Phi) is 3.92. The summed E-state index contributed by atoms with van der Waals surface area (Å²) in [5.74, 6) is 0. The van der Waals surface area contributed by atoms with E-state index in [2.05, 4.69) is 6.58 Å². The lowest BCUT2D eigenvalue weighted by atomic mass is 10.0. The molecule has 0 spiro atoms. The molecule has 2 N–H and O–H groups in total. The predicted molar refractivity (Wildman–Crippen MR) is 68.6 cm³/mol. The molecule has 0 aromatic heterocycles. The first-order chi connectivity index (χ1) is 7.16. The van der Waals surface area contributed by atoms with Crippen molar-refractivity contribution in [1.29, 1.82) is 0 Å². The van der Waals surface area contributed by atoms with Gasteiger partial charge in [-0.1, -0.05) is 43.0 Å². The molecular formula is C14H17N. The van der Waals surface area contributed by atoms with Gasteiger partial charge in [-0.15, -0.1) is 0 Å². The Balaban J connectivity index is 2.97. The second-order valence-electron chi connectivity index (χ2n) is 3.43. The smallest absolute Gasteiger partial charge is 0.0349 e. The van der Waals surface area contributed by atoms with Gasteiger partial charge >= 0.3 is 0 Å². The van der Waals surface area contributed by atoms with E-state index >= 15 is 0 Å². The largest absolute Gasteiger partial charge is 0.398 e. The van der Waals surface area contributed by atoms with Crippen molar-refractivity contribution in [2.75, 3.05) is 5.73 Å². The van der Waals surface area contributed by atoms with Gasteiger partial charge in [-0.3, -0.25) is 0 Å². The third-order valence-corrected chi connectivity index (χ3v) is 2.32. The molecule has 0 heterocycles. The van der Waals surface area contributed by atoms with Crippen LogP contribution < -0.4 is 5.73 Å². The van der Waals surface area contributed by atoms with Gasteiger partial charge in [0.2, 0.25) is 0 Å². The van der Waals surface area contributed by atoms with Crippen molar-refractivity contribution in [3.8, 4) is 0 Å². The van der Waals surface area contributed by atoms with E-state index in [1.807, 2.05) is 56.4 Å². The van der Waals surface area contributed by atoms with Gasteiger partial charge in [0.05, 0.1) is 0 Å². The fourth-order valence-corrected chi connectivity index (χ4v) is 1.37. The Morgan fingerprint density at radius 1 is 1.33 bits per heavy atom. The zero-order chi connectivity index (χ0) is 11.3. The zero-order valence-corrected chi connectivity index (χ0v) is 9.33. The first-order valence-corrected chi connectivity index (χ1v) is 5.00. The quantitative estimate of drug-likeness (QED) is 0.582. The summed E-state index contributed by atoms with van der Waals surface area (Å²) >= 11 is 0. The summed E-state index contributed by atoms with van der Waals surface area (Å²) < 4.78 is 0. The molecule has 0 saturated carbocycles. The van der Waals surface area contributed by atoms with Crippen LogP contribution in [0.2, 0.25) is 0 Å². The lowest BCUT2D eigenvalue weighted by Gasteiger charge is -2.07. The maximum absolute atomic E-state index is 5.83. The molecule has 0 aliphatic rings. The summed E-state index contributed by atoms with van der Waals surface area (Å²) in [7, 11) is 0. The van der Waals surface area contributed by atoms with Crippen LogP contribution in [0.25, 0.3) is 5.57 Å². The van der Waals surface area contributed by atoms with Gasteiger partial charge in [-0.05, 0) is 36.6 Å². The van der Waals surface area contributed by atoms with Crippen LogP contribution in [0.15, 0.2) is 49.1 Å². The van der Waals surface area contributed by atoms with Gasteiger partial charge in [0, 0.05) is 5.69 Å². The average Bonchev–Trinajstić information content (AvgIpc) is 2.22. The van der Waals surface area contributed by atoms with E-state index in [-0.39, 0.29) is 0 Å². The van der Waals surface area contributed by atoms with Crippen molar-refractivity contribution < 1.29 is 0 Å². The third-order valence-electron chi connectivity index (χ3n) is 2.32. The van der Waals surface area contributed by atoms with Crippen molar-refractivity contribution in [3.63, 3.8) is 0 Å². The molecule has 0 saturated heterocycles. The van der Waals surface area contributed by atoms with Crippen LogP contribution in [-0.4, -0.2) is 0 Å².